The van der Waals surface area contributed by atoms with E-state index in [4.69, 9.17) is 14.4 Å². The Morgan fingerprint density at radius 2 is 1.00 bits per heavy atom. The molecule has 0 unspecified atom stereocenters. The molecule has 0 spiro atoms. The molecule has 56 heavy (non-hydrogen) atoms. The topological polar surface area (TPSA) is 38.9 Å². The number of hydrogen-bond donors (Lipinski definition) is 0. The molecule has 3 heterocycles. The molecule has 0 aliphatic rings. The van der Waals surface area contributed by atoms with Gasteiger partial charge in [0.25, 0.3) is 0 Å². The second-order valence-corrected chi connectivity index (χ2v) is 15.1. The van der Waals surface area contributed by atoms with Gasteiger partial charge in [0.15, 0.2) is 5.82 Å². The molecule has 0 bridgehead atoms. The number of para-hydroxylation sites is 2. The highest BCUT2D eigenvalue weighted by molar-refractivity contribution is 7.26. The second kappa shape index (κ2) is 13.3. The first kappa shape index (κ1) is 32.3. The third kappa shape index (κ3) is 5.42. The van der Waals surface area contributed by atoms with Crippen LogP contribution in [0.4, 0.5) is 0 Å². The summed E-state index contributed by atoms with van der Waals surface area (Å²) in [7, 11) is 0. The van der Waals surface area contributed by atoms with Gasteiger partial charge >= 0.3 is 0 Å². The van der Waals surface area contributed by atoms with Gasteiger partial charge in [0.1, 0.15) is 11.2 Å². The lowest BCUT2D eigenvalue weighted by atomic mass is 9.84. The van der Waals surface area contributed by atoms with Crippen LogP contribution >= 0.6 is 11.3 Å². The van der Waals surface area contributed by atoms with E-state index in [2.05, 4.69) is 182 Å². The van der Waals surface area contributed by atoms with E-state index in [1.807, 2.05) is 12.1 Å². The van der Waals surface area contributed by atoms with Crippen molar-refractivity contribution in [2.45, 2.75) is 0 Å². The van der Waals surface area contributed by atoms with E-state index < -0.39 is 0 Å². The lowest BCUT2D eigenvalue weighted by Crippen LogP contribution is -1.95. The van der Waals surface area contributed by atoms with E-state index in [-0.39, 0.29) is 0 Å². The van der Waals surface area contributed by atoms with Gasteiger partial charge in [-0.15, -0.1) is 11.3 Å². The van der Waals surface area contributed by atoms with Gasteiger partial charge < -0.3 is 4.42 Å². The van der Waals surface area contributed by atoms with Crippen molar-refractivity contribution in [3.63, 3.8) is 0 Å². The zero-order chi connectivity index (χ0) is 37.0. The number of benzene rings is 8. The maximum absolute atomic E-state index is 6.66. The van der Waals surface area contributed by atoms with Crippen LogP contribution in [-0.2, 0) is 0 Å². The van der Waals surface area contributed by atoms with Gasteiger partial charge in [-0.1, -0.05) is 170 Å². The number of furan rings is 1. The van der Waals surface area contributed by atoms with E-state index in [1.54, 1.807) is 11.3 Å². The molecule has 3 aromatic heterocycles. The van der Waals surface area contributed by atoms with E-state index in [0.29, 0.717) is 5.82 Å². The van der Waals surface area contributed by atoms with Gasteiger partial charge in [0.05, 0.1) is 15.9 Å². The van der Waals surface area contributed by atoms with Crippen LogP contribution in [0.3, 0.4) is 0 Å². The van der Waals surface area contributed by atoms with E-state index in [1.165, 1.54) is 4.70 Å². The molecule has 0 N–H and O–H groups in total. The Bertz CT molecular complexity index is 3220. The molecule has 0 radical (unpaired) electrons. The summed E-state index contributed by atoms with van der Waals surface area (Å²) < 4.78 is 8.98. The fourth-order valence-electron chi connectivity index (χ4n) is 8.07. The number of thiophene rings is 1. The predicted octanol–water partition coefficient (Wildman–Crippen LogP) is 14.7. The lowest BCUT2D eigenvalue weighted by molar-refractivity contribution is 0.670. The SMILES string of the molecule is c1ccc(-c2cc(-c3ccc(-c4nc(-c5ccccc5)c5sc6ccccc6c5n4)cc3)c(-c3ccccc3)c(-c3cccc4c3oc3ccccc34)c2)cc1. The average molecular weight is 733 g/mol. The summed E-state index contributed by atoms with van der Waals surface area (Å²) in [5, 5.41) is 3.38. The Balaban J connectivity index is 1.14. The number of hydrogen-bond acceptors (Lipinski definition) is 4. The quantitative estimate of drug-likeness (QED) is 0.171. The van der Waals surface area contributed by atoms with Crippen molar-refractivity contribution in [3.05, 3.63) is 194 Å². The van der Waals surface area contributed by atoms with Gasteiger partial charge in [-0.25, -0.2) is 9.97 Å². The molecular weight excluding hydrogens is 701 g/mol. The van der Waals surface area contributed by atoms with Crippen LogP contribution in [0.1, 0.15) is 0 Å². The number of fused-ring (bicyclic) bond motifs is 6. The van der Waals surface area contributed by atoms with Crippen molar-refractivity contribution in [1.82, 2.24) is 9.97 Å². The highest BCUT2D eigenvalue weighted by Gasteiger charge is 2.22. The molecule has 11 aromatic rings. The zero-order valence-electron chi connectivity index (χ0n) is 30.2. The Labute approximate surface area is 327 Å². The third-order valence-electron chi connectivity index (χ3n) is 10.7. The van der Waals surface area contributed by atoms with Crippen molar-refractivity contribution in [3.8, 4) is 67.2 Å². The fourth-order valence-corrected chi connectivity index (χ4v) is 9.22. The van der Waals surface area contributed by atoms with Crippen LogP contribution in [0.5, 0.6) is 0 Å². The van der Waals surface area contributed by atoms with Gasteiger partial charge in [-0.2, -0.15) is 0 Å². The minimum Gasteiger partial charge on any atom is -0.455 e. The van der Waals surface area contributed by atoms with Crippen molar-refractivity contribution in [2.24, 2.45) is 0 Å². The van der Waals surface area contributed by atoms with Crippen molar-refractivity contribution < 1.29 is 4.42 Å². The Morgan fingerprint density at radius 1 is 0.393 bits per heavy atom. The Hall–Kier alpha value is -7.14. The summed E-state index contributed by atoms with van der Waals surface area (Å²) in [6.07, 6.45) is 0. The first-order valence-electron chi connectivity index (χ1n) is 18.8. The largest absolute Gasteiger partial charge is 0.455 e. The van der Waals surface area contributed by atoms with Gasteiger partial charge in [-0.05, 0) is 63.2 Å². The summed E-state index contributed by atoms with van der Waals surface area (Å²) in [6.45, 7) is 0. The van der Waals surface area contributed by atoms with Crippen LogP contribution in [0.2, 0.25) is 0 Å². The number of nitrogens with zero attached hydrogens (tertiary/aromatic N) is 2. The third-order valence-corrected chi connectivity index (χ3v) is 11.9. The number of rotatable bonds is 6. The smallest absolute Gasteiger partial charge is 0.160 e. The van der Waals surface area contributed by atoms with E-state index >= 15 is 0 Å². The average Bonchev–Trinajstić information content (AvgIpc) is 3.85. The summed E-state index contributed by atoms with van der Waals surface area (Å²) in [4.78, 5) is 10.5. The molecule has 0 aliphatic carbocycles. The molecular formula is C52H32N2OS. The molecule has 0 fully saturated rings. The summed E-state index contributed by atoms with van der Waals surface area (Å²) in [5.41, 5.74) is 14.8. The molecule has 0 atom stereocenters. The lowest BCUT2D eigenvalue weighted by Gasteiger charge is -2.19. The zero-order valence-corrected chi connectivity index (χ0v) is 31.0. The van der Waals surface area contributed by atoms with Gasteiger partial charge in [0.2, 0.25) is 0 Å². The summed E-state index contributed by atoms with van der Waals surface area (Å²) in [5.74, 6) is 0.713. The van der Waals surface area contributed by atoms with E-state index in [9.17, 15) is 0 Å². The second-order valence-electron chi connectivity index (χ2n) is 14.1. The molecule has 0 saturated carbocycles. The van der Waals surface area contributed by atoms with Crippen molar-refractivity contribution in [2.75, 3.05) is 0 Å². The van der Waals surface area contributed by atoms with Crippen LogP contribution in [0, 0.1) is 0 Å². The Morgan fingerprint density at radius 3 is 1.77 bits per heavy atom. The molecule has 3 nitrogen and oxygen atoms in total. The molecule has 11 rings (SSSR count). The highest BCUT2D eigenvalue weighted by atomic mass is 32.1. The maximum atomic E-state index is 6.66. The highest BCUT2D eigenvalue weighted by Crippen LogP contribution is 2.47. The first-order chi connectivity index (χ1) is 27.8. The van der Waals surface area contributed by atoms with Gasteiger partial charge in [0, 0.05) is 37.5 Å². The minimum atomic E-state index is 0.713. The van der Waals surface area contributed by atoms with Gasteiger partial charge in [-0.3, -0.25) is 0 Å². The number of aromatic nitrogens is 2. The molecule has 8 aromatic carbocycles. The summed E-state index contributed by atoms with van der Waals surface area (Å²) in [6, 6.07) is 68.6. The molecule has 0 aliphatic heterocycles. The predicted molar refractivity (Wildman–Crippen MR) is 235 cm³/mol. The van der Waals surface area contributed by atoms with Crippen LogP contribution in [0.25, 0.3) is 109 Å². The van der Waals surface area contributed by atoms with Crippen LogP contribution in [0.15, 0.2) is 199 Å². The summed E-state index contributed by atoms with van der Waals surface area (Å²) >= 11 is 1.76. The van der Waals surface area contributed by atoms with Crippen LogP contribution < -0.4 is 0 Å². The molecule has 0 saturated heterocycles. The Kier molecular flexibility index (Phi) is 7.68. The fraction of sp³-hybridized carbons (Fsp3) is 0. The minimum absolute atomic E-state index is 0.713. The van der Waals surface area contributed by atoms with E-state index in [0.717, 1.165) is 98.9 Å². The standard InChI is InChI=1S/C52H32N2OS/c1-4-15-33(16-5-1)38-31-43(47(35-17-6-2-7-18-35)44(32-38)41-24-14-23-40-39-21-10-12-25-45(39)55-50(40)41)34-27-29-37(30-28-34)52-53-48(36-19-8-3-9-20-36)51-49(54-52)42-22-11-13-26-46(42)56-51/h1-32H. The monoisotopic (exact) mass is 732 g/mol. The van der Waals surface area contributed by atoms with Crippen molar-refractivity contribution >= 4 is 53.6 Å². The molecule has 0 amide bonds. The normalized spacial score (nSPS) is 11.6. The first-order valence-corrected chi connectivity index (χ1v) is 19.6. The van der Waals surface area contributed by atoms with Crippen molar-refractivity contribution in [1.29, 1.82) is 0 Å². The molecule has 262 valence electrons. The van der Waals surface area contributed by atoms with Crippen LogP contribution in [-0.4, -0.2) is 9.97 Å². The maximum Gasteiger partial charge on any atom is 0.160 e. The molecule has 4 heteroatoms.